The van der Waals surface area contributed by atoms with Gasteiger partial charge in [0, 0.05) is 11.3 Å². The van der Waals surface area contributed by atoms with Gasteiger partial charge in [0.1, 0.15) is 23.1 Å². The summed E-state index contributed by atoms with van der Waals surface area (Å²) in [5, 5.41) is 11.1. The fourth-order valence-electron chi connectivity index (χ4n) is 3.83. The topological polar surface area (TPSA) is 76.1 Å². The maximum Gasteiger partial charge on any atom is 0.300 e. The molecule has 0 bridgehead atoms. The van der Waals surface area contributed by atoms with Gasteiger partial charge in [-0.05, 0) is 73.2 Å². The van der Waals surface area contributed by atoms with Crippen molar-refractivity contribution in [3.63, 3.8) is 0 Å². The first kappa shape index (κ1) is 22.1. The minimum atomic E-state index is -0.939. The normalized spacial score (nSPS) is 17.3. The Morgan fingerprint density at radius 3 is 2.12 bits per heavy atom. The van der Waals surface area contributed by atoms with Crippen LogP contribution in [0, 0.1) is 5.82 Å². The zero-order chi connectivity index (χ0) is 23.5. The first-order chi connectivity index (χ1) is 15.9. The summed E-state index contributed by atoms with van der Waals surface area (Å²) in [5.74, 6) is -1.19. The fourth-order valence-corrected chi connectivity index (χ4v) is 3.83. The molecule has 0 saturated carbocycles. The van der Waals surface area contributed by atoms with E-state index in [9.17, 15) is 19.1 Å². The summed E-state index contributed by atoms with van der Waals surface area (Å²) in [6, 6.07) is 17.8. The van der Waals surface area contributed by atoms with Crippen LogP contribution in [0.1, 0.15) is 24.1 Å². The molecule has 3 aromatic carbocycles. The third kappa shape index (κ3) is 4.17. The molecule has 1 fully saturated rings. The van der Waals surface area contributed by atoms with Crippen molar-refractivity contribution in [2.24, 2.45) is 0 Å². The Morgan fingerprint density at radius 1 is 0.939 bits per heavy atom. The van der Waals surface area contributed by atoms with Crippen LogP contribution in [0.25, 0.3) is 5.76 Å². The van der Waals surface area contributed by atoms with E-state index in [-0.39, 0.29) is 11.3 Å². The van der Waals surface area contributed by atoms with Crippen molar-refractivity contribution < 1.29 is 28.6 Å². The Labute approximate surface area is 190 Å². The second kappa shape index (κ2) is 9.16. The van der Waals surface area contributed by atoms with Gasteiger partial charge in [-0.3, -0.25) is 14.5 Å². The highest BCUT2D eigenvalue weighted by molar-refractivity contribution is 6.51. The third-order valence-electron chi connectivity index (χ3n) is 5.42. The average Bonchev–Trinajstić information content (AvgIpc) is 3.10. The van der Waals surface area contributed by atoms with E-state index < -0.39 is 23.5 Å². The van der Waals surface area contributed by atoms with Crippen molar-refractivity contribution in [1.29, 1.82) is 0 Å². The van der Waals surface area contributed by atoms with Crippen molar-refractivity contribution >= 4 is 23.1 Å². The van der Waals surface area contributed by atoms with E-state index in [1.807, 2.05) is 6.92 Å². The molecule has 7 heteroatoms. The van der Waals surface area contributed by atoms with E-state index in [1.165, 1.54) is 36.3 Å². The molecule has 0 radical (unpaired) electrons. The van der Waals surface area contributed by atoms with Crippen LogP contribution in [0.3, 0.4) is 0 Å². The Bertz CT molecular complexity index is 1200. The maximum absolute atomic E-state index is 13.6. The molecule has 1 aliphatic heterocycles. The molecule has 1 atom stereocenters. The van der Waals surface area contributed by atoms with Crippen LogP contribution in [0.2, 0.25) is 0 Å². The van der Waals surface area contributed by atoms with Crippen molar-refractivity contribution in [3.8, 4) is 11.5 Å². The minimum Gasteiger partial charge on any atom is -0.507 e. The molecule has 0 spiro atoms. The molecule has 6 nitrogen and oxygen atoms in total. The molecule has 0 unspecified atom stereocenters. The summed E-state index contributed by atoms with van der Waals surface area (Å²) in [5.41, 5.74) is 1.21. The molecule has 1 saturated heterocycles. The monoisotopic (exact) mass is 447 g/mol. The number of hydrogen-bond acceptors (Lipinski definition) is 5. The molecule has 1 amide bonds. The molecule has 33 heavy (non-hydrogen) atoms. The Balaban J connectivity index is 1.86. The van der Waals surface area contributed by atoms with Crippen molar-refractivity contribution in [3.05, 3.63) is 95.3 Å². The number of nitrogens with zero attached hydrogens (tertiary/aromatic N) is 1. The SMILES string of the molecule is CCOc1ccc(C(O)=C2C(=O)C(=O)N(c3ccc(OC)cc3)[C@H]2c2ccc(F)cc2)cc1. The molecule has 0 aromatic heterocycles. The number of carbonyl (C=O) groups excluding carboxylic acids is 2. The van der Waals surface area contributed by atoms with Gasteiger partial charge in [-0.2, -0.15) is 0 Å². The number of Topliss-reactive ketones (excluding diaryl/α,β-unsaturated/α-hetero) is 1. The van der Waals surface area contributed by atoms with E-state index in [4.69, 9.17) is 9.47 Å². The van der Waals surface area contributed by atoms with Gasteiger partial charge in [-0.25, -0.2) is 4.39 Å². The highest BCUT2D eigenvalue weighted by Gasteiger charge is 2.47. The number of halogens is 1. The van der Waals surface area contributed by atoms with Gasteiger partial charge in [0.05, 0.1) is 25.3 Å². The van der Waals surface area contributed by atoms with Crippen LogP contribution in [-0.4, -0.2) is 30.5 Å². The Kier molecular flexibility index (Phi) is 6.13. The second-order valence-corrected chi connectivity index (χ2v) is 7.38. The smallest absolute Gasteiger partial charge is 0.300 e. The number of amides is 1. The molecule has 0 aliphatic carbocycles. The quantitative estimate of drug-likeness (QED) is 0.332. The molecule has 1 aliphatic rings. The summed E-state index contributed by atoms with van der Waals surface area (Å²) in [6.07, 6.45) is 0. The van der Waals surface area contributed by atoms with E-state index >= 15 is 0 Å². The zero-order valence-corrected chi connectivity index (χ0v) is 18.1. The third-order valence-corrected chi connectivity index (χ3v) is 5.42. The van der Waals surface area contributed by atoms with Gasteiger partial charge in [0.2, 0.25) is 0 Å². The molecule has 1 heterocycles. The predicted molar refractivity (Wildman–Crippen MR) is 122 cm³/mol. The number of aliphatic hydroxyl groups excluding tert-OH is 1. The molecule has 168 valence electrons. The number of ether oxygens (including phenoxy) is 2. The van der Waals surface area contributed by atoms with Crippen LogP contribution >= 0.6 is 0 Å². The van der Waals surface area contributed by atoms with E-state index in [0.717, 1.165) is 0 Å². The number of benzene rings is 3. The van der Waals surface area contributed by atoms with Gasteiger partial charge in [-0.15, -0.1) is 0 Å². The molecular formula is C26H22FNO5. The maximum atomic E-state index is 13.6. The molecular weight excluding hydrogens is 425 g/mol. The number of methoxy groups -OCH3 is 1. The lowest BCUT2D eigenvalue weighted by molar-refractivity contribution is -0.132. The van der Waals surface area contributed by atoms with Gasteiger partial charge < -0.3 is 14.6 Å². The summed E-state index contributed by atoms with van der Waals surface area (Å²) in [6.45, 7) is 2.35. The number of hydrogen-bond donors (Lipinski definition) is 1. The fraction of sp³-hybridized carbons (Fsp3) is 0.154. The van der Waals surface area contributed by atoms with Crippen LogP contribution in [-0.2, 0) is 9.59 Å². The number of aliphatic hydroxyl groups is 1. The predicted octanol–water partition coefficient (Wildman–Crippen LogP) is 4.86. The highest BCUT2D eigenvalue weighted by Crippen LogP contribution is 2.42. The lowest BCUT2D eigenvalue weighted by Crippen LogP contribution is -2.29. The summed E-state index contributed by atoms with van der Waals surface area (Å²) in [7, 11) is 1.52. The van der Waals surface area contributed by atoms with Crippen molar-refractivity contribution in [2.45, 2.75) is 13.0 Å². The Hall–Kier alpha value is -4.13. The van der Waals surface area contributed by atoms with Crippen LogP contribution in [0.15, 0.2) is 78.4 Å². The van der Waals surface area contributed by atoms with Gasteiger partial charge >= 0.3 is 0 Å². The van der Waals surface area contributed by atoms with Crippen LogP contribution in [0.4, 0.5) is 10.1 Å². The number of ketones is 1. The summed E-state index contributed by atoms with van der Waals surface area (Å²) in [4.78, 5) is 27.5. The summed E-state index contributed by atoms with van der Waals surface area (Å²) < 4.78 is 24.2. The molecule has 4 rings (SSSR count). The Morgan fingerprint density at radius 2 is 1.55 bits per heavy atom. The lowest BCUT2D eigenvalue weighted by Gasteiger charge is -2.25. The standard InChI is InChI=1S/C26H22FNO5/c1-3-33-21-12-6-17(7-13-21)24(29)22-23(16-4-8-18(27)9-5-16)28(26(31)25(22)30)19-10-14-20(32-2)15-11-19/h4-15,23,29H,3H2,1-2H3/t23-/m0/s1. The van der Waals surface area contributed by atoms with E-state index in [1.54, 1.807) is 48.5 Å². The first-order valence-electron chi connectivity index (χ1n) is 10.4. The molecule has 1 N–H and O–H groups in total. The van der Waals surface area contributed by atoms with Crippen LogP contribution < -0.4 is 14.4 Å². The molecule has 3 aromatic rings. The lowest BCUT2D eigenvalue weighted by atomic mass is 9.95. The van der Waals surface area contributed by atoms with Crippen molar-refractivity contribution in [2.75, 3.05) is 18.6 Å². The van der Waals surface area contributed by atoms with E-state index in [0.29, 0.717) is 34.9 Å². The average molecular weight is 447 g/mol. The van der Waals surface area contributed by atoms with Gasteiger partial charge in [-0.1, -0.05) is 12.1 Å². The van der Waals surface area contributed by atoms with Crippen molar-refractivity contribution in [1.82, 2.24) is 0 Å². The minimum absolute atomic E-state index is 0.0772. The number of rotatable bonds is 6. The van der Waals surface area contributed by atoms with E-state index in [2.05, 4.69) is 0 Å². The zero-order valence-electron chi connectivity index (χ0n) is 18.1. The first-order valence-corrected chi connectivity index (χ1v) is 10.4. The second-order valence-electron chi connectivity index (χ2n) is 7.38. The van der Waals surface area contributed by atoms with Gasteiger partial charge in [0.25, 0.3) is 11.7 Å². The van der Waals surface area contributed by atoms with Gasteiger partial charge in [0.15, 0.2) is 0 Å². The number of anilines is 1. The highest BCUT2D eigenvalue weighted by atomic mass is 19.1. The van der Waals surface area contributed by atoms with Crippen LogP contribution in [0.5, 0.6) is 11.5 Å². The number of carbonyl (C=O) groups is 2. The largest absolute Gasteiger partial charge is 0.507 e. The summed E-state index contributed by atoms with van der Waals surface area (Å²) >= 11 is 0.